The number of hydrogen-bond acceptors (Lipinski definition) is 9. The van der Waals surface area contributed by atoms with Crippen molar-refractivity contribution in [3.63, 3.8) is 0 Å². The van der Waals surface area contributed by atoms with Gasteiger partial charge in [0.2, 0.25) is 5.95 Å². The Labute approximate surface area is 194 Å². The van der Waals surface area contributed by atoms with Gasteiger partial charge in [0, 0.05) is 35.6 Å². The second-order valence-corrected chi connectivity index (χ2v) is 7.87. The molecule has 11 heteroatoms. The molecule has 34 heavy (non-hydrogen) atoms. The molecule has 1 aromatic carbocycles. The van der Waals surface area contributed by atoms with Crippen LogP contribution >= 0.6 is 0 Å². The molecule has 1 saturated heterocycles. The average Bonchev–Trinajstić information content (AvgIpc) is 3.20. The minimum absolute atomic E-state index is 0.0463. The third-order valence-corrected chi connectivity index (χ3v) is 5.20. The summed E-state index contributed by atoms with van der Waals surface area (Å²) >= 11 is 0. The molecule has 5 rings (SSSR count). The van der Waals surface area contributed by atoms with Crippen LogP contribution in [0.5, 0.6) is 0 Å². The van der Waals surface area contributed by atoms with Crippen LogP contribution in [0.1, 0.15) is 28.8 Å². The van der Waals surface area contributed by atoms with Crippen LogP contribution in [0, 0.1) is 11.8 Å². The molecule has 1 amide bonds. The smallest absolute Gasteiger partial charge is 0.272 e. The van der Waals surface area contributed by atoms with Crippen LogP contribution < -0.4 is 11.1 Å². The molecule has 0 bridgehead atoms. The molecule has 4 heterocycles. The molecule has 1 fully saturated rings. The first-order chi connectivity index (χ1) is 16.4. The Morgan fingerprint density at radius 3 is 2.74 bits per heavy atom. The first-order valence-electron chi connectivity index (χ1n) is 10.4. The van der Waals surface area contributed by atoms with Crippen molar-refractivity contribution in [2.45, 2.75) is 18.6 Å². The predicted molar refractivity (Wildman–Crippen MR) is 122 cm³/mol. The second-order valence-electron chi connectivity index (χ2n) is 7.87. The van der Waals surface area contributed by atoms with Gasteiger partial charge in [-0.05, 0) is 31.2 Å². The maximum atomic E-state index is 12.9. The highest BCUT2D eigenvalue weighted by molar-refractivity contribution is 6.05. The number of nitrogens with zero attached hydrogens (tertiary/aromatic N) is 6. The topological polar surface area (TPSA) is 154 Å². The van der Waals surface area contributed by atoms with Gasteiger partial charge in [-0.15, -0.1) is 0 Å². The number of amides is 1. The quantitative estimate of drug-likeness (QED) is 0.374. The molecular formula is C23H20N8O3. The second kappa shape index (κ2) is 8.51. The van der Waals surface area contributed by atoms with E-state index in [9.17, 15) is 9.90 Å². The maximum absolute atomic E-state index is 12.9. The number of carbonyl (C=O) groups excluding carboxylic acids is 1. The lowest BCUT2D eigenvalue weighted by Gasteiger charge is -2.26. The van der Waals surface area contributed by atoms with Gasteiger partial charge >= 0.3 is 0 Å². The van der Waals surface area contributed by atoms with Gasteiger partial charge < -0.3 is 20.9 Å². The standard InChI is InChI=1S/C23H20N8O3/c1-23(33,21-25-8-2-9-26-21)7-5-14-3-4-16-17(11-14)31(18-6-10-27-22(24)29-18)30-19(16)20(32)28-15-12-34-13-15/h2-4,6,8-11,15,33H,12-13H2,1H3,(H,28,32)(H2,24,27,29). The number of aliphatic hydroxyl groups is 1. The van der Waals surface area contributed by atoms with E-state index in [1.54, 1.807) is 42.7 Å². The van der Waals surface area contributed by atoms with Crippen LogP contribution in [0.3, 0.4) is 0 Å². The van der Waals surface area contributed by atoms with Crippen molar-refractivity contribution in [2.24, 2.45) is 0 Å². The molecular weight excluding hydrogens is 436 g/mol. The lowest BCUT2D eigenvalue weighted by molar-refractivity contribution is -0.00352. The Balaban J connectivity index is 1.58. The van der Waals surface area contributed by atoms with E-state index in [0.29, 0.717) is 35.5 Å². The highest BCUT2D eigenvalue weighted by Gasteiger charge is 2.26. The molecule has 4 N–H and O–H groups in total. The van der Waals surface area contributed by atoms with E-state index in [-0.39, 0.29) is 29.4 Å². The third kappa shape index (κ3) is 4.15. The minimum Gasteiger partial charge on any atom is -0.377 e. The van der Waals surface area contributed by atoms with Crippen molar-refractivity contribution in [3.05, 3.63) is 66.0 Å². The number of ether oxygens (including phenoxy) is 1. The summed E-state index contributed by atoms with van der Waals surface area (Å²) in [6.45, 7) is 2.46. The zero-order valence-corrected chi connectivity index (χ0v) is 18.1. The van der Waals surface area contributed by atoms with Crippen LogP contribution in [0.15, 0.2) is 48.9 Å². The third-order valence-electron chi connectivity index (χ3n) is 5.20. The Hall–Kier alpha value is -4.40. The summed E-state index contributed by atoms with van der Waals surface area (Å²) in [6.07, 6.45) is 4.59. The molecule has 0 spiro atoms. The Morgan fingerprint density at radius 2 is 2.03 bits per heavy atom. The van der Waals surface area contributed by atoms with E-state index in [1.165, 1.54) is 17.8 Å². The van der Waals surface area contributed by atoms with E-state index in [4.69, 9.17) is 10.5 Å². The summed E-state index contributed by atoms with van der Waals surface area (Å²) in [6, 6.07) is 8.52. The SMILES string of the molecule is CC(O)(C#Cc1ccc2c(C(=O)NC3COC3)nn(-c3ccnc(N)n3)c2c1)c1ncccn1. The van der Waals surface area contributed by atoms with Crippen molar-refractivity contribution in [1.29, 1.82) is 0 Å². The summed E-state index contributed by atoms with van der Waals surface area (Å²) < 4.78 is 6.65. The number of nitrogens with two attached hydrogens (primary N) is 1. The Kier molecular flexibility index (Phi) is 5.37. The lowest BCUT2D eigenvalue weighted by Crippen LogP contribution is -2.48. The van der Waals surface area contributed by atoms with Gasteiger partial charge in [0.15, 0.2) is 22.9 Å². The van der Waals surface area contributed by atoms with Gasteiger partial charge in [0.05, 0.1) is 24.8 Å². The molecule has 170 valence electrons. The van der Waals surface area contributed by atoms with E-state index in [1.807, 2.05) is 0 Å². The van der Waals surface area contributed by atoms with Gasteiger partial charge in [-0.25, -0.2) is 19.6 Å². The summed E-state index contributed by atoms with van der Waals surface area (Å²) in [5, 5.41) is 18.7. The highest BCUT2D eigenvalue weighted by Crippen LogP contribution is 2.24. The fraction of sp³-hybridized carbons (Fsp3) is 0.217. The van der Waals surface area contributed by atoms with Crippen molar-refractivity contribution < 1.29 is 14.6 Å². The summed E-state index contributed by atoms with van der Waals surface area (Å²) in [5.41, 5.74) is 5.63. The summed E-state index contributed by atoms with van der Waals surface area (Å²) in [4.78, 5) is 29.2. The van der Waals surface area contributed by atoms with Crippen LogP contribution in [0.2, 0.25) is 0 Å². The van der Waals surface area contributed by atoms with Gasteiger partial charge in [0.1, 0.15) is 0 Å². The zero-order valence-electron chi connectivity index (χ0n) is 18.1. The van der Waals surface area contributed by atoms with Gasteiger partial charge in [-0.2, -0.15) is 10.1 Å². The number of rotatable bonds is 4. The van der Waals surface area contributed by atoms with Gasteiger partial charge in [-0.1, -0.05) is 11.8 Å². The highest BCUT2D eigenvalue weighted by atomic mass is 16.5. The van der Waals surface area contributed by atoms with E-state index in [0.717, 1.165) is 0 Å². The molecule has 11 nitrogen and oxygen atoms in total. The van der Waals surface area contributed by atoms with Crippen LogP contribution in [-0.4, -0.2) is 60.0 Å². The van der Waals surface area contributed by atoms with Crippen molar-refractivity contribution in [1.82, 2.24) is 35.0 Å². The summed E-state index contributed by atoms with van der Waals surface area (Å²) in [7, 11) is 0. The number of carbonyl (C=O) groups is 1. The van der Waals surface area contributed by atoms with E-state index < -0.39 is 5.60 Å². The zero-order chi connectivity index (χ0) is 23.7. The predicted octanol–water partition coefficient (Wildman–Crippen LogP) is 0.575. The Morgan fingerprint density at radius 1 is 1.24 bits per heavy atom. The van der Waals surface area contributed by atoms with Crippen LogP contribution in [0.25, 0.3) is 16.7 Å². The fourth-order valence-electron chi connectivity index (χ4n) is 3.39. The van der Waals surface area contributed by atoms with Crippen molar-refractivity contribution >= 4 is 22.8 Å². The number of aromatic nitrogens is 6. The normalized spacial score (nSPS) is 15.1. The number of nitrogen functional groups attached to an aromatic ring is 1. The number of hydrogen-bond donors (Lipinski definition) is 3. The van der Waals surface area contributed by atoms with E-state index in [2.05, 4.69) is 42.2 Å². The fourth-order valence-corrected chi connectivity index (χ4v) is 3.39. The van der Waals surface area contributed by atoms with Crippen LogP contribution in [-0.2, 0) is 10.3 Å². The first-order valence-corrected chi connectivity index (χ1v) is 10.4. The molecule has 1 aliphatic rings. The molecule has 0 radical (unpaired) electrons. The molecule has 0 aliphatic carbocycles. The maximum Gasteiger partial charge on any atom is 0.272 e. The molecule has 4 aromatic rings. The molecule has 1 aliphatic heterocycles. The number of fused-ring (bicyclic) bond motifs is 1. The monoisotopic (exact) mass is 456 g/mol. The first kappa shape index (κ1) is 21.4. The minimum atomic E-state index is -1.55. The van der Waals surface area contributed by atoms with Crippen molar-refractivity contribution in [2.75, 3.05) is 18.9 Å². The number of nitrogens with one attached hydrogen (secondary N) is 1. The van der Waals surface area contributed by atoms with Gasteiger partial charge in [0.25, 0.3) is 5.91 Å². The summed E-state index contributed by atoms with van der Waals surface area (Å²) in [5.74, 6) is 6.13. The molecule has 1 unspecified atom stereocenters. The number of benzene rings is 1. The Bertz CT molecular complexity index is 1440. The average molecular weight is 456 g/mol. The molecule has 1 atom stereocenters. The largest absolute Gasteiger partial charge is 0.377 e. The lowest BCUT2D eigenvalue weighted by atomic mass is 10.1. The molecule has 3 aromatic heterocycles. The van der Waals surface area contributed by atoms with E-state index >= 15 is 0 Å². The van der Waals surface area contributed by atoms with Crippen molar-refractivity contribution in [3.8, 4) is 17.7 Å². The molecule has 0 saturated carbocycles. The number of anilines is 1. The van der Waals surface area contributed by atoms with Gasteiger partial charge in [-0.3, -0.25) is 4.79 Å². The van der Waals surface area contributed by atoms with Crippen LogP contribution in [0.4, 0.5) is 5.95 Å².